The van der Waals surface area contributed by atoms with Crippen molar-refractivity contribution in [2.45, 2.75) is 157 Å². The molecule has 0 N–H and O–H groups in total. The first-order valence-corrected chi connectivity index (χ1v) is 20.5. The molecule has 4 atom stereocenters. The van der Waals surface area contributed by atoms with Gasteiger partial charge in [-0.1, -0.05) is 78.6 Å². The number of carbonyl (C=O) groups excluding carboxylic acids is 1. The van der Waals surface area contributed by atoms with Gasteiger partial charge in [0.15, 0.2) is 5.78 Å². The Labute approximate surface area is 293 Å². The highest BCUT2D eigenvalue weighted by molar-refractivity contribution is 7.92. The van der Waals surface area contributed by atoms with Crippen LogP contribution in [0.5, 0.6) is 0 Å². The van der Waals surface area contributed by atoms with Crippen molar-refractivity contribution in [3.05, 3.63) is 50.8 Å². The molecule has 1 aromatic rings. The molecule has 0 bridgehead atoms. The van der Waals surface area contributed by atoms with Gasteiger partial charge in [0.05, 0.1) is 17.4 Å². The lowest BCUT2D eigenvalue weighted by Gasteiger charge is -2.45. The third-order valence-electron chi connectivity index (χ3n) is 11.8. The second kappa shape index (κ2) is 15.2. The van der Waals surface area contributed by atoms with Gasteiger partial charge in [-0.25, -0.2) is 8.42 Å². The topological polar surface area (TPSA) is 63.7 Å². The normalized spacial score (nSPS) is 23.9. The first-order chi connectivity index (χ1) is 22.4. The number of hydrogen-bond donors (Lipinski definition) is 0. The summed E-state index contributed by atoms with van der Waals surface area (Å²) >= 11 is 0. The molecule has 0 aromatic heterocycles. The molecule has 6 heteroatoms. The van der Waals surface area contributed by atoms with Gasteiger partial charge in [0.25, 0.3) is 0 Å². The Morgan fingerprint density at radius 3 is 2.12 bits per heavy atom. The van der Waals surface area contributed by atoms with Gasteiger partial charge in [0, 0.05) is 23.3 Å². The molecule has 0 spiro atoms. The summed E-state index contributed by atoms with van der Waals surface area (Å²) in [5.41, 5.74) is 5.65. The maximum Gasteiger partial charge on any atom is 0.232 e. The zero-order valence-corrected chi connectivity index (χ0v) is 32.8. The number of hydrogen-bond acceptors (Lipinski definition) is 4. The lowest BCUT2D eigenvalue weighted by molar-refractivity contribution is -0.120. The number of Topliss-reactive ketones (excluding diaryl/α,β-unsaturated/α-hetero) is 1. The molecule has 0 saturated carbocycles. The maximum atomic E-state index is 14.4. The van der Waals surface area contributed by atoms with Crippen LogP contribution >= 0.6 is 0 Å². The minimum absolute atomic E-state index is 0.0661. The highest BCUT2D eigenvalue weighted by atomic mass is 32.2. The number of ether oxygens (including phenoxy) is 1. The van der Waals surface area contributed by atoms with Crippen LogP contribution in [-0.4, -0.2) is 32.6 Å². The number of benzene rings is 1. The Balaban J connectivity index is 1.53. The molecule has 2 heterocycles. The monoisotopic (exact) mass is 677 g/mol. The Hall–Kier alpha value is -2.52. The average molecular weight is 678 g/mol. The molecule has 1 aliphatic carbocycles. The number of anilines is 1. The lowest BCUT2D eigenvalue weighted by Crippen LogP contribution is -2.43. The predicted octanol–water partition coefficient (Wildman–Crippen LogP) is 10.1. The highest BCUT2D eigenvalue weighted by Crippen LogP contribution is 2.51. The smallest absolute Gasteiger partial charge is 0.232 e. The number of carbonyl (C=O) groups is 1. The molecular weight excluding hydrogens is 615 g/mol. The maximum absolute atomic E-state index is 14.4. The Kier molecular flexibility index (Phi) is 12.1. The molecule has 1 unspecified atom stereocenters. The van der Waals surface area contributed by atoms with Crippen LogP contribution in [0.2, 0.25) is 0 Å². The molecule has 1 fully saturated rings. The van der Waals surface area contributed by atoms with Crippen LogP contribution in [-0.2, 0) is 31.4 Å². The van der Waals surface area contributed by atoms with Crippen molar-refractivity contribution in [1.82, 2.24) is 0 Å². The van der Waals surface area contributed by atoms with Crippen molar-refractivity contribution in [3.8, 4) is 11.8 Å². The van der Waals surface area contributed by atoms with E-state index in [0.717, 1.165) is 82.3 Å². The lowest BCUT2D eigenvalue weighted by atomic mass is 9.64. The molecule has 48 heavy (non-hydrogen) atoms. The first-order valence-electron chi connectivity index (χ1n) is 18.7. The fourth-order valence-corrected chi connectivity index (χ4v) is 9.47. The van der Waals surface area contributed by atoms with Crippen molar-refractivity contribution in [2.24, 2.45) is 17.8 Å². The molecule has 0 radical (unpaired) electrons. The average Bonchev–Trinajstić information content (AvgIpc) is 3.45. The number of nitrogens with zero attached hydrogens (tertiary/aromatic N) is 1. The van der Waals surface area contributed by atoms with Crippen molar-refractivity contribution in [3.63, 3.8) is 0 Å². The summed E-state index contributed by atoms with van der Waals surface area (Å²) in [5.74, 6) is 9.60. The number of rotatable bonds is 14. The van der Waals surface area contributed by atoms with E-state index in [1.165, 1.54) is 55.5 Å². The summed E-state index contributed by atoms with van der Waals surface area (Å²) in [6.45, 7) is 21.9. The van der Waals surface area contributed by atoms with Crippen LogP contribution in [0.25, 0.3) is 0 Å². The van der Waals surface area contributed by atoms with E-state index >= 15 is 0 Å². The minimum atomic E-state index is -3.48. The summed E-state index contributed by atoms with van der Waals surface area (Å²) < 4.78 is 34.1. The molecule has 266 valence electrons. The van der Waals surface area contributed by atoms with Gasteiger partial charge in [-0.2, -0.15) is 0 Å². The van der Waals surface area contributed by atoms with Crippen LogP contribution in [0.1, 0.15) is 155 Å². The zero-order valence-electron chi connectivity index (χ0n) is 32.0. The molecule has 2 aliphatic heterocycles. The molecule has 3 aliphatic rings. The second-order valence-electron chi connectivity index (χ2n) is 16.3. The molecule has 1 aromatic carbocycles. The van der Waals surface area contributed by atoms with Gasteiger partial charge in [0.2, 0.25) is 10.0 Å². The van der Waals surface area contributed by atoms with E-state index in [2.05, 4.69) is 46.5 Å². The summed E-state index contributed by atoms with van der Waals surface area (Å²) in [6, 6.07) is 1.95. The van der Waals surface area contributed by atoms with E-state index in [0.29, 0.717) is 24.6 Å². The summed E-state index contributed by atoms with van der Waals surface area (Å²) in [6.07, 6.45) is 14.9. The van der Waals surface area contributed by atoms with Crippen molar-refractivity contribution in [1.29, 1.82) is 0 Å². The number of allylic oxidation sites excluding steroid dienone is 3. The fourth-order valence-electron chi connectivity index (χ4n) is 8.52. The summed E-state index contributed by atoms with van der Waals surface area (Å²) in [7, 11) is -3.48. The van der Waals surface area contributed by atoms with E-state index in [4.69, 9.17) is 4.74 Å². The standard InChI is InChI=1S/C42H63NO4S/c1-12-16-34-31(6)37(27-38-36(34)23-26-43(38)48(11,45)46)42(10)33(8)39-35(32(7)40(42)44)22-25-41(9,47-39)24-15-21-30(5)20-14-19-29(4)18-13-17-28(2)3/h27-30H,13-15,17-26H2,1-11H3/t29-,30-,41-,42?/m1/s1. The number of ketones is 1. The molecule has 4 rings (SSSR count). The van der Waals surface area contributed by atoms with Gasteiger partial charge in [-0.15, -0.1) is 5.92 Å². The van der Waals surface area contributed by atoms with Crippen LogP contribution < -0.4 is 4.31 Å². The van der Waals surface area contributed by atoms with Gasteiger partial charge in [-0.05, 0) is 120 Å². The Bertz CT molecular complexity index is 1620. The molecular formula is C42H63NO4S. The van der Waals surface area contributed by atoms with Crippen LogP contribution in [0, 0.1) is 36.5 Å². The number of sulfonamides is 1. The van der Waals surface area contributed by atoms with E-state index in [1.54, 1.807) is 6.92 Å². The third kappa shape index (κ3) is 7.93. The van der Waals surface area contributed by atoms with Crippen molar-refractivity contribution in [2.75, 3.05) is 17.1 Å². The fraction of sp³-hybridized carbons (Fsp3) is 0.690. The van der Waals surface area contributed by atoms with E-state index < -0.39 is 15.4 Å². The van der Waals surface area contributed by atoms with Crippen LogP contribution in [0.4, 0.5) is 5.69 Å². The summed E-state index contributed by atoms with van der Waals surface area (Å²) in [5, 5.41) is 0. The van der Waals surface area contributed by atoms with Gasteiger partial charge in [0.1, 0.15) is 11.4 Å². The van der Waals surface area contributed by atoms with Crippen molar-refractivity contribution < 1.29 is 17.9 Å². The largest absolute Gasteiger partial charge is 0.487 e. The SMILES string of the molecule is CC#Cc1c(C)c(C2(C)C(=O)C(C)=C3CC[C@@](C)(CCC[C@H](C)CCC[C@H](C)CCCC(C)C)OC3=C2C)cc2c1CCN2S(C)(=O)=O. The highest BCUT2D eigenvalue weighted by Gasteiger charge is 2.49. The van der Waals surface area contributed by atoms with Gasteiger partial charge >= 0.3 is 0 Å². The summed E-state index contributed by atoms with van der Waals surface area (Å²) in [4.78, 5) is 14.4. The Morgan fingerprint density at radius 2 is 1.54 bits per heavy atom. The minimum Gasteiger partial charge on any atom is -0.487 e. The van der Waals surface area contributed by atoms with E-state index in [9.17, 15) is 13.2 Å². The third-order valence-corrected chi connectivity index (χ3v) is 13.0. The predicted molar refractivity (Wildman–Crippen MR) is 201 cm³/mol. The van der Waals surface area contributed by atoms with Gasteiger partial charge < -0.3 is 4.74 Å². The molecule has 5 nitrogen and oxygen atoms in total. The van der Waals surface area contributed by atoms with Crippen molar-refractivity contribution >= 4 is 21.5 Å². The van der Waals surface area contributed by atoms with E-state index in [1.807, 2.05) is 33.8 Å². The molecule has 0 amide bonds. The zero-order chi connectivity index (χ0) is 35.6. The van der Waals surface area contributed by atoms with E-state index in [-0.39, 0.29) is 11.4 Å². The molecule has 1 saturated heterocycles. The number of fused-ring (bicyclic) bond motifs is 2. The van der Waals surface area contributed by atoms with Crippen LogP contribution in [0.3, 0.4) is 0 Å². The van der Waals surface area contributed by atoms with Gasteiger partial charge in [-0.3, -0.25) is 9.10 Å². The Morgan fingerprint density at radius 1 is 0.938 bits per heavy atom. The second-order valence-corrected chi connectivity index (χ2v) is 18.2. The quantitative estimate of drug-likeness (QED) is 0.184. The first kappa shape index (κ1) is 38.3. The van der Waals surface area contributed by atoms with Crippen LogP contribution in [0.15, 0.2) is 28.5 Å².